The molecule has 3 N–H and O–H groups in total. The number of likely N-dealkylation sites (tertiary alicyclic amines) is 1. The largest absolute Gasteiger partial charge is 0.351 e. The van der Waals surface area contributed by atoms with Gasteiger partial charge in [-0.15, -0.1) is 0 Å². The summed E-state index contributed by atoms with van der Waals surface area (Å²) in [5, 5.41) is 3.85. The second kappa shape index (κ2) is 8.44. The summed E-state index contributed by atoms with van der Waals surface area (Å²) in [6.07, 6.45) is 11.3. The Balaban J connectivity index is 1.19. The fraction of sp³-hybridized carbons (Fsp3) is 0.720. The van der Waals surface area contributed by atoms with Crippen molar-refractivity contribution in [2.45, 2.75) is 63.8 Å². The van der Waals surface area contributed by atoms with Crippen LogP contribution in [0.2, 0.25) is 5.02 Å². The summed E-state index contributed by atoms with van der Waals surface area (Å²) < 4.78 is 0. The van der Waals surface area contributed by atoms with Gasteiger partial charge in [-0.2, -0.15) is 0 Å². The molecule has 0 atom stereocenters. The van der Waals surface area contributed by atoms with Crippen LogP contribution in [0.5, 0.6) is 0 Å². The number of nitrogens with two attached hydrogens (primary N) is 1. The van der Waals surface area contributed by atoms with Crippen molar-refractivity contribution >= 4 is 17.5 Å². The number of nitrogens with zero attached hydrogens (tertiary/aromatic N) is 1. The Morgan fingerprint density at radius 3 is 2.37 bits per heavy atom. The number of halogens is 1. The van der Waals surface area contributed by atoms with E-state index < -0.39 is 0 Å². The highest BCUT2D eigenvalue weighted by molar-refractivity contribution is 6.33. The minimum Gasteiger partial charge on any atom is -0.351 e. The van der Waals surface area contributed by atoms with Crippen LogP contribution in [-0.2, 0) is 6.42 Å². The van der Waals surface area contributed by atoms with Gasteiger partial charge in [-0.25, -0.2) is 0 Å². The number of amides is 1. The average Bonchev–Trinajstić information content (AvgIpc) is 2.72. The molecule has 6 rings (SSSR count). The van der Waals surface area contributed by atoms with Crippen LogP contribution in [-0.4, -0.2) is 43.0 Å². The van der Waals surface area contributed by atoms with Gasteiger partial charge >= 0.3 is 0 Å². The first-order valence-corrected chi connectivity index (χ1v) is 12.4. The first-order chi connectivity index (χ1) is 14.5. The number of nitrogens with one attached hydrogen (secondary N) is 1. The molecular formula is C25H36ClN3O. The zero-order chi connectivity index (χ0) is 20.7. The fourth-order valence-corrected chi connectivity index (χ4v) is 7.44. The van der Waals surface area contributed by atoms with Crippen molar-refractivity contribution < 1.29 is 4.79 Å². The van der Waals surface area contributed by atoms with Gasteiger partial charge in [0.05, 0.1) is 10.6 Å². The van der Waals surface area contributed by atoms with Crippen molar-refractivity contribution in [2.75, 3.05) is 26.2 Å². The SMILES string of the molecule is NC1CCN(CCc2ccc(Cl)c(C(=O)NCC34CC5CC(CC(C5)C3)C4)c2)CC1. The molecule has 1 aliphatic heterocycles. The van der Waals surface area contributed by atoms with Crippen LogP contribution in [0.4, 0.5) is 0 Å². The Morgan fingerprint density at radius 2 is 1.73 bits per heavy atom. The van der Waals surface area contributed by atoms with Crippen molar-refractivity contribution in [1.82, 2.24) is 10.2 Å². The molecule has 164 valence electrons. The number of rotatable bonds is 6. The number of hydrogen-bond donors (Lipinski definition) is 2. The van der Waals surface area contributed by atoms with E-state index in [1.54, 1.807) is 0 Å². The number of benzene rings is 1. The van der Waals surface area contributed by atoms with E-state index in [1.165, 1.54) is 44.1 Å². The molecule has 1 saturated heterocycles. The Bertz CT molecular complexity index is 751. The summed E-state index contributed by atoms with van der Waals surface area (Å²) in [4.78, 5) is 15.5. The van der Waals surface area contributed by atoms with Crippen LogP contribution < -0.4 is 11.1 Å². The molecule has 1 amide bonds. The van der Waals surface area contributed by atoms with Gasteiger partial charge in [-0.05, 0) is 112 Å². The highest BCUT2D eigenvalue weighted by Crippen LogP contribution is 2.59. The molecular weight excluding hydrogens is 394 g/mol. The van der Waals surface area contributed by atoms with Gasteiger partial charge in [-0.1, -0.05) is 17.7 Å². The third-order valence-electron chi connectivity index (χ3n) is 8.41. The van der Waals surface area contributed by atoms with E-state index in [2.05, 4.69) is 16.3 Å². The Morgan fingerprint density at radius 1 is 1.10 bits per heavy atom. The predicted molar refractivity (Wildman–Crippen MR) is 122 cm³/mol. The number of carbonyl (C=O) groups excluding carboxylic acids is 1. The van der Waals surface area contributed by atoms with E-state index in [4.69, 9.17) is 17.3 Å². The van der Waals surface area contributed by atoms with Crippen LogP contribution in [0.1, 0.15) is 67.3 Å². The van der Waals surface area contributed by atoms with Crippen molar-refractivity contribution in [3.63, 3.8) is 0 Å². The minimum atomic E-state index is 0.00143. The minimum absolute atomic E-state index is 0.00143. The third kappa shape index (κ3) is 4.42. The average molecular weight is 430 g/mol. The van der Waals surface area contributed by atoms with E-state index in [-0.39, 0.29) is 5.91 Å². The van der Waals surface area contributed by atoms with Crippen LogP contribution in [0.3, 0.4) is 0 Å². The summed E-state index contributed by atoms with van der Waals surface area (Å²) in [5.41, 5.74) is 8.19. The molecule has 4 nitrogen and oxygen atoms in total. The van der Waals surface area contributed by atoms with Crippen LogP contribution in [0, 0.1) is 23.2 Å². The Hall–Kier alpha value is -1.10. The molecule has 4 bridgehead atoms. The maximum Gasteiger partial charge on any atom is 0.252 e. The van der Waals surface area contributed by atoms with E-state index in [9.17, 15) is 4.79 Å². The number of hydrogen-bond acceptors (Lipinski definition) is 3. The molecule has 0 aromatic heterocycles. The molecule has 5 fully saturated rings. The molecule has 1 aromatic carbocycles. The van der Waals surface area contributed by atoms with Crippen molar-refractivity contribution in [1.29, 1.82) is 0 Å². The molecule has 1 aromatic rings. The standard InChI is InChI=1S/C25H36ClN3O/c26-23-2-1-17(3-6-29-7-4-21(27)5-8-29)12-22(23)24(30)28-16-25-13-18-9-19(14-25)11-20(10-18)15-25/h1-2,12,18-21H,3-11,13-16,27H2,(H,28,30). The molecule has 5 heteroatoms. The molecule has 30 heavy (non-hydrogen) atoms. The highest BCUT2D eigenvalue weighted by Gasteiger charge is 2.50. The summed E-state index contributed by atoms with van der Waals surface area (Å²) >= 11 is 6.43. The molecule has 4 aliphatic carbocycles. The maximum absolute atomic E-state index is 13.0. The first kappa shape index (κ1) is 20.8. The van der Waals surface area contributed by atoms with Gasteiger partial charge in [0.25, 0.3) is 5.91 Å². The summed E-state index contributed by atoms with van der Waals surface area (Å²) in [6, 6.07) is 6.32. The molecule has 1 heterocycles. The van der Waals surface area contributed by atoms with E-state index >= 15 is 0 Å². The van der Waals surface area contributed by atoms with Gasteiger partial charge in [0.2, 0.25) is 0 Å². The van der Waals surface area contributed by atoms with Gasteiger partial charge < -0.3 is 16.0 Å². The van der Waals surface area contributed by atoms with Gasteiger partial charge in [0.1, 0.15) is 0 Å². The van der Waals surface area contributed by atoms with E-state index in [0.717, 1.165) is 63.2 Å². The number of piperidine rings is 1. The van der Waals surface area contributed by atoms with Crippen molar-refractivity contribution in [2.24, 2.45) is 28.9 Å². The van der Waals surface area contributed by atoms with Crippen LogP contribution >= 0.6 is 11.6 Å². The van der Waals surface area contributed by atoms with Crippen LogP contribution in [0.25, 0.3) is 0 Å². The van der Waals surface area contributed by atoms with Gasteiger partial charge in [0.15, 0.2) is 0 Å². The lowest BCUT2D eigenvalue weighted by molar-refractivity contribution is -0.0503. The van der Waals surface area contributed by atoms with Crippen molar-refractivity contribution in [3.8, 4) is 0 Å². The summed E-state index contributed by atoms with van der Waals surface area (Å²) in [5.74, 6) is 2.72. The molecule has 0 unspecified atom stereocenters. The Kier molecular flexibility index (Phi) is 5.85. The van der Waals surface area contributed by atoms with Gasteiger partial charge in [-0.3, -0.25) is 4.79 Å². The molecule has 5 aliphatic rings. The number of carbonyl (C=O) groups is 1. The fourth-order valence-electron chi connectivity index (χ4n) is 7.24. The monoisotopic (exact) mass is 429 g/mol. The second-order valence-corrected chi connectivity index (χ2v) is 11.3. The van der Waals surface area contributed by atoms with E-state index in [1.807, 2.05) is 12.1 Å². The van der Waals surface area contributed by atoms with Gasteiger partial charge in [0, 0.05) is 19.1 Å². The maximum atomic E-state index is 13.0. The normalized spacial score (nSPS) is 33.7. The molecule has 0 spiro atoms. The van der Waals surface area contributed by atoms with E-state index in [0.29, 0.717) is 22.0 Å². The summed E-state index contributed by atoms with van der Waals surface area (Å²) in [6.45, 7) is 3.99. The second-order valence-electron chi connectivity index (χ2n) is 10.8. The lowest BCUT2D eigenvalue weighted by atomic mass is 9.49. The smallest absolute Gasteiger partial charge is 0.252 e. The highest BCUT2D eigenvalue weighted by atomic mass is 35.5. The zero-order valence-corrected chi connectivity index (χ0v) is 18.8. The first-order valence-electron chi connectivity index (χ1n) is 12.0. The zero-order valence-electron chi connectivity index (χ0n) is 18.0. The third-order valence-corrected chi connectivity index (χ3v) is 8.74. The molecule has 0 radical (unpaired) electrons. The predicted octanol–water partition coefficient (Wildman–Crippen LogP) is 4.25. The van der Waals surface area contributed by atoms with Crippen molar-refractivity contribution in [3.05, 3.63) is 34.3 Å². The topological polar surface area (TPSA) is 58.4 Å². The summed E-state index contributed by atoms with van der Waals surface area (Å²) in [7, 11) is 0. The lowest BCUT2D eigenvalue weighted by Crippen LogP contribution is -2.51. The Labute approximate surface area is 185 Å². The quantitative estimate of drug-likeness (QED) is 0.710. The lowest BCUT2D eigenvalue weighted by Gasteiger charge is -2.56. The molecule has 4 saturated carbocycles. The van der Waals surface area contributed by atoms with Crippen LogP contribution in [0.15, 0.2) is 18.2 Å².